The summed E-state index contributed by atoms with van der Waals surface area (Å²) < 4.78 is 13.2. The molecule has 3 heterocycles. The first kappa shape index (κ1) is 18.0. The molecule has 0 amide bonds. The second-order valence-corrected chi connectivity index (χ2v) is 8.91. The molecule has 0 saturated heterocycles. The molecule has 158 valence electrons. The van der Waals surface area contributed by atoms with Crippen molar-refractivity contribution in [2.45, 2.75) is 0 Å². The number of hydrogen-bond donors (Lipinski definition) is 0. The first-order chi connectivity index (χ1) is 16.9. The molecule has 5 aromatic carbocycles. The maximum atomic E-state index is 6.71. The molecule has 0 aromatic heterocycles. The number of anilines is 3. The Bertz CT molecular complexity index is 1600. The van der Waals surface area contributed by atoms with Crippen molar-refractivity contribution in [3.63, 3.8) is 0 Å². The Labute approximate surface area is 197 Å². The van der Waals surface area contributed by atoms with Crippen LogP contribution in [0.25, 0.3) is 11.1 Å². The Morgan fingerprint density at radius 1 is 0.500 bits per heavy atom. The fourth-order valence-corrected chi connectivity index (χ4v) is 5.76. The minimum Gasteiger partial charge on any atom is -0.458 e. The van der Waals surface area contributed by atoms with Gasteiger partial charge in [0.25, 0.3) is 6.71 Å². The quantitative estimate of drug-likeness (QED) is 0.318. The summed E-state index contributed by atoms with van der Waals surface area (Å²) in [6, 6.07) is 37.9. The molecular formula is C30H18BNO2. The second-order valence-electron chi connectivity index (χ2n) is 8.91. The summed E-state index contributed by atoms with van der Waals surface area (Å²) in [5.41, 5.74) is 9.18. The Morgan fingerprint density at radius 2 is 1.12 bits per heavy atom. The van der Waals surface area contributed by atoms with E-state index in [4.69, 9.17) is 9.47 Å². The molecule has 0 bridgehead atoms. The number of nitrogens with zero attached hydrogens (tertiary/aromatic N) is 1. The normalized spacial score (nSPS) is 13.6. The van der Waals surface area contributed by atoms with Gasteiger partial charge in [0.1, 0.15) is 23.0 Å². The smallest absolute Gasteiger partial charge is 0.266 e. The van der Waals surface area contributed by atoms with E-state index in [-0.39, 0.29) is 6.71 Å². The minimum atomic E-state index is 0.0634. The topological polar surface area (TPSA) is 21.7 Å². The van der Waals surface area contributed by atoms with Crippen LogP contribution in [0, 0.1) is 0 Å². The van der Waals surface area contributed by atoms with Gasteiger partial charge in [0.05, 0.1) is 0 Å². The van der Waals surface area contributed by atoms with E-state index in [2.05, 4.69) is 108 Å². The molecule has 0 atom stereocenters. The molecular weight excluding hydrogens is 417 g/mol. The monoisotopic (exact) mass is 435 g/mol. The fraction of sp³-hybridized carbons (Fsp3) is 0. The van der Waals surface area contributed by atoms with Crippen molar-refractivity contribution in [2.24, 2.45) is 0 Å². The highest BCUT2D eigenvalue weighted by Crippen LogP contribution is 2.47. The van der Waals surface area contributed by atoms with Crippen LogP contribution in [-0.2, 0) is 0 Å². The molecule has 0 radical (unpaired) electrons. The Kier molecular flexibility index (Phi) is 3.48. The number of benzene rings is 5. The lowest BCUT2D eigenvalue weighted by Gasteiger charge is -2.43. The van der Waals surface area contributed by atoms with Gasteiger partial charge in [-0.2, -0.15) is 0 Å². The van der Waals surface area contributed by atoms with Crippen LogP contribution in [0.2, 0.25) is 0 Å². The number of hydrogen-bond acceptors (Lipinski definition) is 3. The maximum Gasteiger partial charge on any atom is 0.266 e. The molecule has 0 fully saturated rings. The highest BCUT2D eigenvalue weighted by Gasteiger charge is 2.47. The van der Waals surface area contributed by atoms with Gasteiger partial charge in [0.15, 0.2) is 0 Å². The van der Waals surface area contributed by atoms with E-state index in [1.165, 1.54) is 10.9 Å². The van der Waals surface area contributed by atoms with Gasteiger partial charge < -0.3 is 14.4 Å². The van der Waals surface area contributed by atoms with Gasteiger partial charge in [-0.05, 0) is 65.0 Å². The molecule has 4 heteroatoms. The van der Waals surface area contributed by atoms with Crippen LogP contribution in [0.1, 0.15) is 0 Å². The third-order valence-electron chi connectivity index (χ3n) is 7.12. The average molecular weight is 435 g/mol. The zero-order valence-corrected chi connectivity index (χ0v) is 18.2. The highest BCUT2D eigenvalue weighted by molar-refractivity contribution is 7.00. The van der Waals surface area contributed by atoms with Gasteiger partial charge >= 0.3 is 0 Å². The van der Waals surface area contributed by atoms with E-state index in [0.717, 1.165) is 56.6 Å². The van der Waals surface area contributed by atoms with E-state index in [1.807, 2.05) is 6.07 Å². The highest BCUT2D eigenvalue weighted by atomic mass is 16.5. The average Bonchev–Trinajstić information content (AvgIpc) is 2.90. The summed E-state index contributed by atoms with van der Waals surface area (Å²) in [6.07, 6.45) is 0. The Hall–Kier alpha value is -4.44. The predicted octanol–water partition coefficient (Wildman–Crippen LogP) is 5.86. The summed E-state index contributed by atoms with van der Waals surface area (Å²) >= 11 is 0. The molecule has 5 aromatic rings. The Balaban J connectivity index is 1.46. The lowest BCUT2D eigenvalue weighted by Crippen LogP contribution is -2.61. The van der Waals surface area contributed by atoms with E-state index in [9.17, 15) is 0 Å². The molecule has 34 heavy (non-hydrogen) atoms. The van der Waals surface area contributed by atoms with Gasteiger partial charge in [-0.3, -0.25) is 0 Å². The van der Waals surface area contributed by atoms with Gasteiger partial charge in [0, 0.05) is 28.1 Å². The van der Waals surface area contributed by atoms with Crippen molar-refractivity contribution in [1.82, 2.24) is 0 Å². The van der Waals surface area contributed by atoms with Crippen molar-refractivity contribution in [2.75, 3.05) is 4.90 Å². The molecule has 3 aliphatic heterocycles. The summed E-state index contributed by atoms with van der Waals surface area (Å²) in [4.78, 5) is 2.33. The van der Waals surface area contributed by atoms with Crippen LogP contribution in [0.5, 0.6) is 23.0 Å². The lowest BCUT2D eigenvalue weighted by atomic mass is 9.33. The summed E-state index contributed by atoms with van der Waals surface area (Å²) in [6.45, 7) is 0.0634. The van der Waals surface area contributed by atoms with Crippen LogP contribution in [0.3, 0.4) is 0 Å². The molecule has 3 aliphatic rings. The molecule has 0 N–H and O–H groups in total. The maximum absolute atomic E-state index is 6.71. The molecule has 0 saturated carbocycles. The molecule has 3 nitrogen and oxygen atoms in total. The van der Waals surface area contributed by atoms with Crippen molar-refractivity contribution >= 4 is 40.2 Å². The van der Waals surface area contributed by atoms with Crippen molar-refractivity contribution in [3.05, 3.63) is 109 Å². The van der Waals surface area contributed by atoms with E-state index < -0.39 is 0 Å². The molecule has 0 aliphatic carbocycles. The molecule has 0 unspecified atom stereocenters. The third-order valence-corrected chi connectivity index (χ3v) is 7.12. The fourth-order valence-electron chi connectivity index (χ4n) is 5.76. The van der Waals surface area contributed by atoms with Crippen molar-refractivity contribution in [3.8, 4) is 34.1 Å². The largest absolute Gasteiger partial charge is 0.458 e. The van der Waals surface area contributed by atoms with Crippen LogP contribution in [-0.4, -0.2) is 6.71 Å². The number of para-hydroxylation sites is 1. The zero-order chi connectivity index (χ0) is 22.2. The van der Waals surface area contributed by atoms with Crippen LogP contribution in [0.15, 0.2) is 109 Å². The molecule has 0 spiro atoms. The summed E-state index contributed by atoms with van der Waals surface area (Å²) in [5.74, 6) is 3.59. The van der Waals surface area contributed by atoms with Gasteiger partial charge in [-0.25, -0.2) is 0 Å². The van der Waals surface area contributed by atoms with E-state index >= 15 is 0 Å². The van der Waals surface area contributed by atoms with Crippen LogP contribution < -0.4 is 30.8 Å². The van der Waals surface area contributed by atoms with Gasteiger partial charge in [-0.1, -0.05) is 60.7 Å². The lowest BCUT2D eigenvalue weighted by molar-refractivity contribution is 0.465. The SMILES string of the molecule is c1ccc(-c2ccc3c4c2Oc2cccc5c2B4c2c(cccc2N5c2ccccc2)O3)cc1. The first-order valence-electron chi connectivity index (χ1n) is 11.6. The van der Waals surface area contributed by atoms with Crippen LogP contribution in [0.4, 0.5) is 17.1 Å². The molecule has 8 rings (SSSR count). The zero-order valence-electron chi connectivity index (χ0n) is 18.2. The Morgan fingerprint density at radius 3 is 1.82 bits per heavy atom. The van der Waals surface area contributed by atoms with E-state index in [0.29, 0.717) is 0 Å². The minimum absolute atomic E-state index is 0.0634. The van der Waals surface area contributed by atoms with Crippen molar-refractivity contribution < 1.29 is 9.47 Å². The van der Waals surface area contributed by atoms with Crippen molar-refractivity contribution in [1.29, 1.82) is 0 Å². The summed E-state index contributed by atoms with van der Waals surface area (Å²) in [5, 5.41) is 0. The van der Waals surface area contributed by atoms with Gasteiger partial charge in [0.2, 0.25) is 0 Å². The second kappa shape index (κ2) is 6.55. The van der Waals surface area contributed by atoms with Gasteiger partial charge in [-0.15, -0.1) is 0 Å². The third kappa shape index (κ3) is 2.27. The predicted molar refractivity (Wildman–Crippen MR) is 138 cm³/mol. The first-order valence-corrected chi connectivity index (χ1v) is 11.6. The standard InChI is InChI=1S/C30H18BNO2/c1-3-9-19(10-4-1)21-17-18-26-29-30(21)34-25-16-8-14-23-28(25)31(29)27-22(13-7-15-24(27)33-26)32(23)20-11-5-2-6-12-20/h1-18H. The van der Waals surface area contributed by atoms with E-state index in [1.54, 1.807) is 0 Å². The van der Waals surface area contributed by atoms with Crippen LogP contribution >= 0.6 is 0 Å². The summed E-state index contributed by atoms with van der Waals surface area (Å²) in [7, 11) is 0. The number of ether oxygens (including phenoxy) is 2. The number of rotatable bonds is 2.